The molecule has 0 heterocycles. The first-order valence-corrected chi connectivity index (χ1v) is 7.00. The van der Waals surface area contributed by atoms with Crippen molar-refractivity contribution in [3.05, 3.63) is 28.5 Å². The van der Waals surface area contributed by atoms with Crippen LogP contribution in [0, 0.1) is 11.2 Å². The Kier molecular flexibility index (Phi) is 3.76. The molecule has 2 rings (SSSR count). The van der Waals surface area contributed by atoms with Gasteiger partial charge in [0.1, 0.15) is 5.82 Å². The molecular formula is C14H19BrFN. The third kappa shape index (κ3) is 3.01. The van der Waals surface area contributed by atoms with Crippen LogP contribution < -0.4 is 5.32 Å². The number of hydrogen-bond acceptors (Lipinski definition) is 1. The van der Waals surface area contributed by atoms with Crippen molar-refractivity contribution in [1.82, 2.24) is 0 Å². The Morgan fingerprint density at radius 2 is 2.12 bits per heavy atom. The highest BCUT2D eigenvalue weighted by Gasteiger charge is 2.32. The zero-order chi connectivity index (χ0) is 12.5. The van der Waals surface area contributed by atoms with Gasteiger partial charge in [0.2, 0.25) is 0 Å². The Morgan fingerprint density at radius 1 is 1.35 bits per heavy atom. The van der Waals surface area contributed by atoms with E-state index in [4.69, 9.17) is 0 Å². The molecule has 1 aliphatic rings. The summed E-state index contributed by atoms with van der Waals surface area (Å²) in [4.78, 5) is 0. The van der Waals surface area contributed by atoms with Crippen LogP contribution in [-0.4, -0.2) is 6.04 Å². The summed E-state index contributed by atoms with van der Waals surface area (Å²) in [6.45, 7) is 4.53. The van der Waals surface area contributed by atoms with Crippen LogP contribution in [0.2, 0.25) is 0 Å². The van der Waals surface area contributed by atoms with Gasteiger partial charge in [-0.25, -0.2) is 4.39 Å². The van der Waals surface area contributed by atoms with Crippen molar-refractivity contribution >= 4 is 21.6 Å². The highest BCUT2D eigenvalue weighted by Crippen LogP contribution is 2.37. The second-order valence-electron chi connectivity index (χ2n) is 5.56. The maximum Gasteiger partial charge on any atom is 0.147 e. The van der Waals surface area contributed by atoms with Crippen molar-refractivity contribution in [1.29, 1.82) is 0 Å². The van der Waals surface area contributed by atoms with Crippen molar-refractivity contribution in [3.8, 4) is 0 Å². The molecule has 1 atom stereocenters. The quantitative estimate of drug-likeness (QED) is 0.813. The standard InChI is InChI=1S/C14H19BrFN/c1-14(2)8-4-3-5-13(14)17-12-7-6-10(15)9-11(12)16/h6-7,9,13,17H,3-5,8H2,1-2H3. The van der Waals surface area contributed by atoms with E-state index in [2.05, 4.69) is 35.1 Å². The lowest BCUT2D eigenvalue weighted by molar-refractivity contribution is 0.216. The van der Waals surface area contributed by atoms with Crippen LogP contribution in [0.15, 0.2) is 22.7 Å². The van der Waals surface area contributed by atoms with Crippen LogP contribution >= 0.6 is 15.9 Å². The smallest absolute Gasteiger partial charge is 0.147 e. The molecular weight excluding hydrogens is 281 g/mol. The topological polar surface area (TPSA) is 12.0 Å². The number of benzene rings is 1. The number of hydrogen-bond donors (Lipinski definition) is 1. The van der Waals surface area contributed by atoms with E-state index in [0.29, 0.717) is 11.7 Å². The van der Waals surface area contributed by atoms with Gasteiger partial charge in [-0.05, 0) is 36.5 Å². The lowest BCUT2D eigenvalue weighted by Crippen LogP contribution is -2.39. The summed E-state index contributed by atoms with van der Waals surface area (Å²) < 4.78 is 14.5. The molecule has 0 radical (unpaired) electrons. The minimum Gasteiger partial charge on any atom is -0.379 e. The minimum atomic E-state index is -0.180. The molecule has 0 amide bonds. The van der Waals surface area contributed by atoms with Crippen LogP contribution in [0.5, 0.6) is 0 Å². The SMILES string of the molecule is CC1(C)CCCCC1Nc1ccc(Br)cc1F. The molecule has 0 saturated heterocycles. The average Bonchev–Trinajstić information content (AvgIpc) is 2.24. The first-order valence-electron chi connectivity index (χ1n) is 6.21. The Balaban J connectivity index is 2.14. The lowest BCUT2D eigenvalue weighted by Gasteiger charge is -2.39. The maximum atomic E-state index is 13.8. The summed E-state index contributed by atoms with van der Waals surface area (Å²) in [7, 11) is 0. The average molecular weight is 300 g/mol. The molecule has 1 nitrogen and oxygen atoms in total. The van der Waals surface area contributed by atoms with E-state index in [1.54, 1.807) is 0 Å². The normalized spacial score (nSPS) is 23.4. The number of anilines is 1. The van der Waals surface area contributed by atoms with Crippen molar-refractivity contribution in [2.24, 2.45) is 5.41 Å². The summed E-state index contributed by atoms with van der Waals surface area (Å²) in [5, 5.41) is 3.37. The van der Waals surface area contributed by atoms with Crippen molar-refractivity contribution in [3.63, 3.8) is 0 Å². The fraction of sp³-hybridized carbons (Fsp3) is 0.571. The van der Waals surface area contributed by atoms with Gasteiger partial charge in [-0.15, -0.1) is 0 Å². The fourth-order valence-electron chi connectivity index (χ4n) is 2.56. The Hall–Kier alpha value is -0.570. The monoisotopic (exact) mass is 299 g/mol. The number of rotatable bonds is 2. The van der Waals surface area contributed by atoms with Crippen molar-refractivity contribution in [2.45, 2.75) is 45.6 Å². The Bertz CT molecular complexity index is 403. The molecule has 0 aromatic heterocycles. The molecule has 17 heavy (non-hydrogen) atoms. The molecule has 1 aromatic carbocycles. The zero-order valence-corrected chi connectivity index (χ0v) is 12.0. The third-order valence-corrected chi connectivity index (χ3v) is 4.26. The summed E-state index contributed by atoms with van der Waals surface area (Å²) in [5.41, 5.74) is 0.866. The van der Waals surface area contributed by atoms with Crippen molar-refractivity contribution in [2.75, 3.05) is 5.32 Å². The first-order chi connectivity index (χ1) is 7.99. The molecule has 3 heteroatoms. The molecule has 1 N–H and O–H groups in total. The van der Waals surface area contributed by atoms with Crippen molar-refractivity contribution < 1.29 is 4.39 Å². The summed E-state index contributed by atoms with van der Waals surface area (Å²) in [6, 6.07) is 5.57. The van der Waals surface area contributed by atoms with Gasteiger partial charge in [-0.1, -0.05) is 42.6 Å². The van der Waals surface area contributed by atoms with Gasteiger partial charge >= 0.3 is 0 Å². The molecule has 1 fully saturated rings. The van der Waals surface area contributed by atoms with Crippen LogP contribution in [0.4, 0.5) is 10.1 Å². The molecule has 94 valence electrons. The number of nitrogens with one attached hydrogen (secondary N) is 1. The van der Waals surface area contributed by atoms with Gasteiger partial charge in [-0.3, -0.25) is 0 Å². The van der Waals surface area contributed by atoms with E-state index in [-0.39, 0.29) is 11.2 Å². The molecule has 1 aliphatic carbocycles. The predicted molar refractivity (Wildman–Crippen MR) is 73.8 cm³/mol. The van der Waals surface area contributed by atoms with E-state index in [9.17, 15) is 4.39 Å². The van der Waals surface area contributed by atoms with Gasteiger partial charge in [0.25, 0.3) is 0 Å². The second kappa shape index (κ2) is 4.97. The highest BCUT2D eigenvalue weighted by molar-refractivity contribution is 9.10. The van der Waals surface area contributed by atoms with Crippen LogP contribution in [0.25, 0.3) is 0 Å². The van der Waals surface area contributed by atoms with Gasteiger partial charge < -0.3 is 5.32 Å². The number of halogens is 2. The van der Waals surface area contributed by atoms with E-state index < -0.39 is 0 Å². The van der Waals surface area contributed by atoms with Gasteiger partial charge in [-0.2, -0.15) is 0 Å². The lowest BCUT2D eigenvalue weighted by atomic mass is 9.73. The minimum absolute atomic E-state index is 0.180. The summed E-state index contributed by atoms with van der Waals surface area (Å²) >= 11 is 3.28. The molecule has 0 aliphatic heterocycles. The van der Waals surface area contributed by atoms with Gasteiger partial charge in [0, 0.05) is 10.5 Å². The third-order valence-electron chi connectivity index (χ3n) is 3.77. The molecule has 0 bridgehead atoms. The van der Waals surface area contributed by atoms with Crippen LogP contribution in [0.1, 0.15) is 39.5 Å². The Morgan fingerprint density at radius 3 is 2.76 bits per heavy atom. The van der Waals surface area contributed by atoms with E-state index in [1.165, 1.54) is 25.3 Å². The largest absolute Gasteiger partial charge is 0.379 e. The summed E-state index contributed by atoms with van der Waals surface area (Å²) in [6.07, 6.45) is 4.86. The molecule has 1 unspecified atom stereocenters. The van der Waals surface area contributed by atoms with Gasteiger partial charge in [0.05, 0.1) is 5.69 Å². The fourth-order valence-corrected chi connectivity index (χ4v) is 2.89. The summed E-state index contributed by atoms with van der Waals surface area (Å²) in [5.74, 6) is -0.180. The Labute approximate surface area is 111 Å². The second-order valence-corrected chi connectivity index (χ2v) is 6.47. The maximum absolute atomic E-state index is 13.8. The van der Waals surface area contributed by atoms with E-state index in [0.717, 1.165) is 10.9 Å². The zero-order valence-electron chi connectivity index (χ0n) is 10.4. The van der Waals surface area contributed by atoms with Gasteiger partial charge in [0.15, 0.2) is 0 Å². The van der Waals surface area contributed by atoms with E-state index >= 15 is 0 Å². The molecule has 1 aromatic rings. The van der Waals surface area contributed by atoms with Crippen LogP contribution in [0.3, 0.4) is 0 Å². The predicted octanol–water partition coefficient (Wildman–Crippen LogP) is 4.97. The molecule has 0 spiro atoms. The molecule has 1 saturated carbocycles. The van der Waals surface area contributed by atoms with E-state index in [1.807, 2.05) is 12.1 Å². The first kappa shape index (κ1) is 12.9. The van der Waals surface area contributed by atoms with Crippen LogP contribution in [-0.2, 0) is 0 Å². The highest BCUT2D eigenvalue weighted by atomic mass is 79.9.